The average molecular weight is 256 g/mol. The van der Waals surface area contributed by atoms with E-state index in [0.29, 0.717) is 6.42 Å². The molecule has 0 fully saturated rings. The molecule has 0 saturated heterocycles. The highest BCUT2D eigenvalue weighted by Gasteiger charge is 2.18. The molecule has 0 amide bonds. The zero-order chi connectivity index (χ0) is 13.2. The van der Waals surface area contributed by atoms with Crippen LogP contribution in [0.5, 0.6) is 0 Å². The van der Waals surface area contributed by atoms with Crippen LogP contribution in [0.25, 0.3) is 0 Å². The molecule has 98 valence electrons. The van der Waals surface area contributed by atoms with Gasteiger partial charge in [-0.1, -0.05) is 23.4 Å². The molecule has 5 nitrogen and oxygen atoms in total. The van der Waals surface area contributed by atoms with Gasteiger partial charge in [-0.25, -0.2) is 0 Å². The van der Waals surface area contributed by atoms with Crippen molar-refractivity contribution < 1.29 is 4.79 Å². The van der Waals surface area contributed by atoms with E-state index in [2.05, 4.69) is 21.7 Å². The molecule has 2 aromatic rings. The van der Waals surface area contributed by atoms with Gasteiger partial charge in [0.2, 0.25) is 0 Å². The monoisotopic (exact) mass is 256 g/mol. The number of ketones is 1. The van der Waals surface area contributed by atoms with Gasteiger partial charge < -0.3 is 5.32 Å². The minimum Gasteiger partial charge on any atom is -0.312 e. The van der Waals surface area contributed by atoms with Crippen molar-refractivity contribution in [1.29, 1.82) is 0 Å². The summed E-state index contributed by atoms with van der Waals surface area (Å²) in [5.74, 6) is 0.124. The first-order chi connectivity index (χ1) is 9.24. The second-order valence-corrected chi connectivity index (χ2v) is 4.85. The summed E-state index contributed by atoms with van der Waals surface area (Å²) >= 11 is 0. The van der Waals surface area contributed by atoms with E-state index in [4.69, 9.17) is 0 Å². The van der Waals surface area contributed by atoms with E-state index >= 15 is 0 Å². The van der Waals surface area contributed by atoms with Crippen LogP contribution in [-0.4, -0.2) is 27.3 Å². The molecule has 1 N–H and O–H groups in total. The number of aromatic nitrogens is 3. The van der Waals surface area contributed by atoms with Gasteiger partial charge in [-0.05, 0) is 24.1 Å². The molecule has 3 rings (SSSR count). The number of nitrogens with zero attached hydrogens (tertiary/aromatic N) is 3. The summed E-state index contributed by atoms with van der Waals surface area (Å²) in [6.45, 7) is 1.78. The van der Waals surface area contributed by atoms with Crippen molar-refractivity contribution >= 4 is 5.78 Å². The molecule has 1 aromatic carbocycles. The first-order valence-corrected chi connectivity index (χ1v) is 6.44. The van der Waals surface area contributed by atoms with Crippen molar-refractivity contribution in [3.8, 4) is 0 Å². The van der Waals surface area contributed by atoms with Crippen LogP contribution >= 0.6 is 0 Å². The molecule has 0 unspecified atom stereocenters. The van der Waals surface area contributed by atoms with Crippen LogP contribution in [0.4, 0.5) is 0 Å². The quantitative estimate of drug-likeness (QED) is 0.828. The molecule has 0 atom stereocenters. The number of hydrogen-bond donors (Lipinski definition) is 1. The largest absolute Gasteiger partial charge is 0.312 e. The fourth-order valence-corrected chi connectivity index (χ4v) is 2.53. The fraction of sp³-hybridized carbons (Fsp3) is 0.357. The summed E-state index contributed by atoms with van der Waals surface area (Å²) < 4.78 is 1.62. The Morgan fingerprint density at radius 1 is 1.47 bits per heavy atom. The zero-order valence-electron chi connectivity index (χ0n) is 10.9. The highest BCUT2D eigenvalue weighted by molar-refractivity contribution is 5.99. The fourth-order valence-electron chi connectivity index (χ4n) is 2.53. The average Bonchev–Trinajstić information content (AvgIpc) is 2.83. The SMILES string of the molecule is Cn1cc(CC(=O)c2cccc3c2CCNC3)nn1. The number of aryl methyl sites for hydroxylation is 1. The molecule has 0 saturated carbocycles. The topological polar surface area (TPSA) is 59.8 Å². The van der Waals surface area contributed by atoms with E-state index in [0.717, 1.165) is 30.8 Å². The smallest absolute Gasteiger partial charge is 0.169 e. The molecule has 2 heterocycles. The highest BCUT2D eigenvalue weighted by atomic mass is 16.1. The van der Waals surface area contributed by atoms with Crippen LogP contribution in [0.15, 0.2) is 24.4 Å². The third kappa shape index (κ3) is 2.42. The van der Waals surface area contributed by atoms with Crippen molar-refractivity contribution in [2.75, 3.05) is 6.54 Å². The van der Waals surface area contributed by atoms with Gasteiger partial charge in [0.15, 0.2) is 5.78 Å². The van der Waals surface area contributed by atoms with E-state index in [9.17, 15) is 4.79 Å². The van der Waals surface area contributed by atoms with Gasteiger partial charge >= 0.3 is 0 Å². The molecule has 5 heteroatoms. The Labute approximate surface area is 111 Å². The summed E-state index contributed by atoms with van der Waals surface area (Å²) in [6.07, 6.45) is 3.02. The third-order valence-electron chi connectivity index (χ3n) is 3.43. The lowest BCUT2D eigenvalue weighted by molar-refractivity contribution is 0.0990. The maximum atomic E-state index is 12.4. The van der Waals surface area contributed by atoms with E-state index in [1.165, 1.54) is 11.1 Å². The van der Waals surface area contributed by atoms with E-state index in [1.807, 2.05) is 12.1 Å². The predicted octanol–water partition coefficient (Wildman–Crippen LogP) is 0.886. The van der Waals surface area contributed by atoms with Crippen molar-refractivity contribution in [2.45, 2.75) is 19.4 Å². The lowest BCUT2D eigenvalue weighted by Gasteiger charge is -2.19. The van der Waals surface area contributed by atoms with Crippen molar-refractivity contribution in [3.05, 3.63) is 46.8 Å². The van der Waals surface area contributed by atoms with Gasteiger partial charge in [-0.15, -0.1) is 5.10 Å². The normalized spacial score (nSPS) is 14.2. The van der Waals surface area contributed by atoms with Crippen LogP contribution in [0.1, 0.15) is 27.2 Å². The van der Waals surface area contributed by atoms with Crippen LogP contribution in [0, 0.1) is 0 Å². The van der Waals surface area contributed by atoms with Gasteiger partial charge in [0.1, 0.15) is 0 Å². The number of nitrogens with one attached hydrogen (secondary N) is 1. The Balaban J connectivity index is 1.87. The summed E-state index contributed by atoms with van der Waals surface area (Å²) in [4.78, 5) is 12.4. The van der Waals surface area contributed by atoms with Gasteiger partial charge in [-0.2, -0.15) is 0 Å². The molecule has 1 aliphatic rings. The van der Waals surface area contributed by atoms with Gasteiger partial charge in [0, 0.05) is 25.4 Å². The van der Waals surface area contributed by atoms with Crippen LogP contribution < -0.4 is 5.32 Å². The van der Waals surface area contributed by atoms with Crippen LogP contribution in [-0.2, 0) is 26.4 Å². The summed E-state index contributed by atoms with van der Waals surface area (Å²) in [6, 6.07) is 5.96. The molecule has 0 aliphatic carbocycles. The molecule has 0 spiro atoms. The number of fused-ring (bicyclic) bond motifs is 1. The Kier molecular flexibility index (Phi) is 3.13. The first-order valence-electron chi connectivity index (χ1n) is 6.44. The third-order valence-corrected chi connectivity index (χ3v) is 3.43. The Morgan fingerprint density at radius 2 is 2.37 bits per heavy atom. The zero-order valence-corrected chi connectivity index (χ0v) is 10.9. The molecule has 0 bridgehead atoms. The number of carbonyl (C=O) groups is 1. The maximum Gasteiger partial charge on any atom is 0.169 e. The van der Waals surface area contributed by atoms with Crippen molar-refractivity contribution in [1.82, 2.24) is 20.3 Å². The number of rotatable bonds is 3. The summed E-state index contributed by atoms with van der Waals surface area (Å²) in [5, 5.41) is 11.2. The van der Waals surface area contributed by atoms with E-state index < -0.39 is 0 Å². The van der Waals surface area contributed by atoms with Crippen molar-refractivity contribution in [3.63, 3.8) is 0 Å². The van der Waals surface area contributed by atoms with Gasteiger partial charge in [0.05, 0.1) is 12.1 Å². The summed E-state index contributed by atoms with van der Waals surface area (Å²) in [7, 11) is 1.80. The number of carbonyl (C=O) groups excluding carboxylic acids is 1. The second-order valence-electron chi connectivity index (χ2n) is 4.85. The molecule has 1 aliphatic heterocycles. The van der Waals surface area contributed by atoms with Gasteiger partial charge in [-0.3, -0.25) is 9.48 Å². The Bertz CT molecular complexity index is 618. The molecular formula is C14H16N4O. The van der Waals surface area contributed by atoms with Gasteiger partial charge in [0.25, 0.3) is 0 Å². The molecular weight excluding hydrogens is 240 g/mol. The highest BCUT2D eigenvalue weighted by Crippen LogP contribution is 2.20. The van der Waals surface area contributed by atoms with Crippen LogP contribution in [0.3, 0.4) is 0 Å². The number of benzene rings is 1. The van der Waals surface area contributed by atoms with E-state index in [-0.39, 0.29) is 5.78 Å². The molecule has 1 aromatic heterocycles. The minimum atomic E-state index is 0.124. The van der Waals surface area contributed by atoms with E-state index in [1.54, 1.807) is 17.9 Å². The predicted molar refractivity (Wildman–Crippen MR) is 70.9 cm³/mol. The number of hydrogen-bond acceptors (Lipinski definition) is 4. The maximum absolute atomic E-state index is 12.4. The van der Waals surface area contributed by atoms with Crippen molar-refractivity contribution in [2.24, 2.45) is 7.05 Å². The molecule has 19 heavy (non-hydrogen) atoms. The minimum absolute atomic E-state index is 0.124. The summed E-state index contributed by atoms with van der Waals surface area (Å²) in [5.41, 5.74) is 3.98. The first kappa shape index (κ1) is 12.0. The Hall–Kier alpha value is -2.01. The lowest BCUT2D eigenvalue weighted by Crippen LogP contribution is -2.25. The number of Topliss-reactive ketones (excluding diaryl/α,β-unsaturated/α-hetero) is 1. The second kappa shape index (κ2) is 4.93. The molecule has 0 radical (unpaired) electrons. The standard InChI is InChI=1S/C14H16N4O/c1-18-9-11(16-17-18)7-14(19)13-4-2-3-10-8-15-6-5-12(10)13/h2-4,9,15H,5-8H2,1H3. The Morgan fingerprint density at radius 3 is 3.16 bits per heavy atom. The lowest BCUT2D eigenvalue weighted by atomic mass is 9.92. The van der Waals surface area contributed by atoms with Crippen LogP contribution in [0.2, 0.25) is 0 Å².